The zero-order valence-corrected chi connectivity index (χ0v) is 21.8. The number of morpholine rings is 1. The Bertz CT molecular complexity index is 1060. The standard InChI is InChI=1S/C24H29N3O4S2.ClH/c1-29-18-4-7-20(8-5-18)32-17-23(28)27(11-3-10-26-12-14-31-15-13-26)24-25-21-16-19(30-2)6-9-22(21)33-24;/h4-9,16H,3,10-15,17H2,1-2H3;1H. The van der Waals surface area contributed by atoms with Gasteiger partial charge in [0, 0.05) is 37.1 Å². The molecule has 3 aromatic rings. The number of carbonyl (C=O) groups is 1. The maximum absolute atomic E-state index is 13.3. The Morgan fingerprint density at radius 2 is 1.82 bits per heavy atom. The molecule has 0 unspecified atom stereocenters. The van der Waals surface area contributed by atoms with Gasteiger partial charge in [0.05, 0.1) is 43.4 Å². The summed E-state index contributed by atoms with van der Waals surface area (Å²) in [5.41, 5.74) is 0.850. The average Bonchev–Trinajstić information content (AvgIpc) is 3.29. The van der Waals surface area contributed by atoms with Gasteiger partial charge in [0.15, 0.2) is 5.13 Å². The van der Waals surface area contributed by atoms with Crippen LogP contribution in [0.3, 0.4) is 0 Å². The fourth-order valence-corrected chi connectivity index (χ4v) is 5.40. The lowest BCUT2D eigenvalue weighted by atomic mass is 10.3. The van der Waals surface area contributed by atoms with E-state index in [0.717, 1.165) is 71.0 Å². The second kappa shape index (κ2) is 13.2. The van der Waals surface area contributed by atoms with Gasteiger partial charge in [-0.2, -0.15) is 0 Å². The Labute approximate surface area is 214 Å². The number of amides is 1. The summed E-state index contributed by atoms with van der Waals surface area (Å²) in [5.74, 6) is 1.98. The van der Waals surface area contributed by atoms with Crippen LogP contribution in [0.5, 0.6) is 11.5 Å². The third-order valence-corrected chi connectivity index (χ3v) is 7.55. The van der Waals surface area contributed by atoms with E-state index in [1.165, 1.54) is 11.8 Å². The Balaban J connectivity index is 0.00000324. The van der Waals surface area contributed by atoms with Gasteiger partial charge in [-0.05, 0) is 42.8 Å². The van der Waals surface area contributed by atoms with Crippen molar-refractivity contribution in [3.05, 3.63) is 42.5 Å². The normalized spacial score (nSPS) is 13.9. The molecule has 1 amide bonds. The second-order valence-corrected chi connectivity index (χ2v) is 9.71. The Kier molecular flexibility index (Phi) is 10.3. The quantitative estimate of drug-likeness (QED) is 0.360. The summed E-state index contributed by atoms with van der Waals surface area (Å²) >= 11 is 3.07. The number of rotatable bonds is 10. The van der Waals surface area contributed by atoms with E-state index >= 15 is 0 Å². The van der Waals surface area contributed by atoms with E-state index in [-0.39, 0.29) is 18.3 Å². The molecule has 1 aliphatic heterocycles. The predicted octanol–water partition coefficient (Wildman–Crippen LogP) is 4.58. The topological polar surface area (TPSA) is 64.1 Å². The number of hydrogen-bond donors (Lipinski definition) is 0. The summed E-state index contributed by atoms with van der Waals surface area (Å²) in [6.45, 7) is 5.03. The first-order chi connectivity index (χ1) is 16.2. The highest BCUT2D eigenvalue weighted by Gasteiger charge is 2.21. The molecule has 1 fully saturated rings. The first-order valence-corrected chi connectivity index (χ1v) is 12.8. The number of methoxy groups -OCH3 is 2. The number of thiazole rings is 1. The summed E-state index contributed by atoms with van der Waals surface area (Å²) in [5, 5.41) is 0.737. The molecule has 184 valence electrons. The summed E-state index contributed by atoms with van der Waals surface area (Å²) in [7, 11) is 3.29. The van der Waals surface area contributed by atoms with Gasteiger partial charge in [0.25, 0.3) is 0 Å². The number of hydrogen-bond acceptors (Lipinski definition) is 8. The van der Waals surface area contributed by atoms with Crippen LogP contribution in [0.4, 0.5) is 5.13 Å². The number of fused-ring (bicyclic) bond motifs is 1. The van der Waals surface area contributed by atoms with Gasteiger partial charge >= 0.3 is 0 Å². The van der Waals surface area contributed by atoms with Crippen molar-refractivity contribution in [1.82, 2.24) is 9.88 Å². The zero-order chi connectivity index (χ0) is 23.0. The molecule has 1 aromatic heterocycles. The van der Waals surface area contributed by atoms with Gasteiger partial charge in [0.1, 0.15) is 11.5 Å². The molecule has 0 spiro atoms. The van der Waals surface area contributed by atoms with Crippen molar-refractivity contribution < 1.29 is 19.0 Å². The largest absolute Gasteiger partial charge is 0.497 e. The molecular weight excluding hydrogens is 494 g/mol. The molecule has 0 saturated carbocycles. The van der Waals surface area contributed by atoms with Crippen LogP contribution in [0.25, 0.3) is 10.2 Å². The van der Waals surface area contributed by atoms with Crippen molar-refractivity contribution in [2.45, 2.75) is 11.3 Å². The number of aromatic nitrogens is 1. The van der Waals surface area contributed by atoms with E-state index < -0.39 is 0 Å². The number of halogens is 1. The minimum Gasteiger partial charge on any atom is -0.497 e. The maximum atomic E-state index is 13.3. The van der Waals surface area contributed by atoms with E-state index in [4.69, 9.17) is 19.2 Å². The number of ether oxygens (including phenoxy) is 3. The van der Waals surface area contributed by atoms with E-state index in [9.17, 15) is 4.79 Å². The second-order valence-electron chi connectivity index (χ2n) is 7.65. The fourth-order valence-electron chi connectivity index (χ4n) is 3.64. The van der Waals surface area contributed by atoms with Crippen LogP contribution >= 0.6 is 35.5 Å². The highest BCUT2D eigenvalue weighted by atomic mass is 35.5. The summed E-state index contributed by atoms with van der Waals surface area (Å²) in [6.07, 6.45) is 0.887. The third-order valence-electron chi connectivity index (χ3n) is 5.50. The van der Waals surface area contributed by atoms with Gasteiger partial charge < -0.3 is 14.2 Å². The van der Waals surface area contributed by atoms with Gasteiger partial charge in [0.2, 0.25) is 5.91 Å². The van der Waals surface area contributed by atoms with Gasteiger partial charge in [-0.15, -0.1) is 24.2 Å². The van der Waals surface area contributed by atoms with Crippen LogP contribution < -0.4 is 14.4 Å². The molecule has 7 nitrogen and oxygen atoms in total. The van der Waals surface area contributed by atoms with Gasteiger partial charge in [-0.25, -0.2) is 4.98 Å². The van der Waals surface area contributed by atoms with Gasteiger partial charge in [-0.3, -0.25) is 14.6 Å². The number of carbonyl (C=O) groups excluding carboxylic acids is 1. The summed E-state index contributed by atoms with van der Waals surface area (Å²) in [4.78, 5) is 23.3. The van der Waals surface area contributed by atoms with E-state index in [1.54, 1.807) is 25.6 Å². The molecule has 2 heterocycles. The van der Waals surface area contributed by atoms with Crippen LogP contribution in [0.15, 0.2) is 47.4 Å². The van der Waals surface area contributed by atoms with E-state index in [0.29, 0.717) is 12.3 Å². The minimum atomic E-state index is 0. The SMILES string of the molecule is COc1ccc(SCC(=O)N(CCCN2CCOCC2)c2nc3cc(OC)ccc3s2)cc1.Cl. The fraction of sp³-hybridized carbons (Fsp3) is 0.417. The van der Waals surface area contributed by atoms with E-state index in [2.05, 4.69) is 4.90 Å². The molecule has 2 aromatic carbocycles. The molecule has 0 atom stereocenters. The van der Waals surface area contributed by atoms with Crippen LogP contribution in [0.2, 0.25) is 0 Å². The zero-order valence-electron chi connectivity index (χ0n) is 19.4. The monoisotopic (exact) mass is 523 g/mol. The molecule has 4 rings (SSSR count). The lowest BCUT2D eigenvalue weighted by Crippen LogP contribution is -2.39. The van der Waals surface area contributed by atoms with Crippen molar-refractivity contribution in [3.63, 3.8) is 0 Å². The highest BCUT2D eigenvalue weighted by Crippen LogP contribution is 2.32. The molecule has 10 heteroatoms. The van der Waals surface area contributed by atoms with Crippen molar-refractivity contribution in [3.8, 4) is 11.5 Å². The number of benzene rings is 2. The number of anilines is 1. The minimum absolute atomic E-state index is 0. The van der Waals surface area contributed by atoms with Crippen molar-refractivity contribution in [2.75, 3.05) is 64.3 Å². The number of thioether (sulfide) groups is 1. The predicted molar refractivity (Wildman–Crippen MR) is 141 cm³/mol. The maximum Gasteiger partial charge on any atom is 0.239 e. The first-order valence-electron chi connectivity index (χ1n) is 11.0. The molecule has 0 bridgehead atoms. The highest BCUT2D eigenvalue weighted by molar-refractivity contribution is 8.00. The molecule has 0 aliphatic carbocycles. The van der Waals surface area contributed by atoms with Crippen molar-refractivity contribution in [1.29, 1.82) is 0 Å². The smallest absolute Gasteiger partial charge is 0.239 e. The van der Waals surface area contributed by atoms with E-state index in [1.807, 2.05) is 47.4 Å². The molecular formula is C24H30ClN3O4S2. The third kappa shape index (κ3) is 6.99. The average molecular weight is 524 g/mol. The lowest BCUT2D eigenvalue weighted by molar-refractivity contribution is -0.116. The Hall–Kier alpha value is -2.04. The van der Waals surface area contributed by atoms with Crippen molar-refractivity contribution in [2.24, 2.45) is 0 Å². The molecule has 0 radical (unpaired) electrons. The Morgan fingerprint density at radius 3 is 2.53 bits per heavy atom. The van der Waals surface area contributed by atoms with Crippen LogP contribution in [-0.4, -0.2) is 75.2 Å². The van der Waals surface area contributed by atoms with Gasteiger partial charge in [-0.1, -0.05) is 11.3 Å². The number of nitrogens with zero attached hydrogens (tertiary/aromatic N) is 3. The van der Waals surface area contributed by atoms with Crippen molar-refractivity contribution >= 4 is 56.8 Å². The molecule has 1 aliphatic rings. The van der Waals surface area contributed by atoms with Crippen LogP contribution in [0.1, 0.15) is 6.42 Å². The van der Waals surface area contributed by atoms with Crippen LogP contribution in [-0.2, 0) is 9.53 Å². The summed E-state index contributed by atoms with van der Waals surface area (Å²) < 4.78 is 17.0. The molecule has 1 saturated heterocycles. The van der Waals surface area contributed by atoms with Crippen LogP contribution in [0, 0.1) is 0 Å². The Morgan fingerprint density at radius 1 is 1.12 bits per heavy atom. The molecule has 34 heavy (non-hydrogen) atoms. The lowest BCUT2D eigenvalue weighted by Gasteiger charge is -2.27. The first kappa shape index (κ1) is 26.6. The molecule has 0 N–H and O–H groups in total. The summed E-state index contributed by atoms with van der Waals surface area (Å²) in [6, 6.07) is 13.6.